The molecule has 2 saturated carbocycles. The van der Waals surface area contributed by atoms with Crippen molar-refractivity contribution in [2.24, 2.45) is 22.2 Å². The van der Waals surface area contributed by atoms with Gasteiger partial charge in [-0.25, -0.2) is 18.0 Å². The number of carbonyl (C=O) groups is 6. The Bertz CT molecular complexity index is 1890. The zero-order valence-corrected chi connectivity index (χ0v) is 34.9. The number of alkyl carbamates (subject to hydrolysis) is 1. The predicted octanol–water partition coefficient (Wildman–Crippen LogP) is 4.56. The first-order valence-corrected chi connectivity index (χ1v) is 22.0. The van der Waals surface area contributed by atoms with Crippen molar-refractivity contribution < 1.29 is 46.7 Å². The van der Waals surface area contributed by atoms with Gasteiger partial charge in [-0.1, -0.05) is 72.9 Å². The Balaban J connectivity index is 1.27. The van der Waals surface area contributed by atoms with E-state index in [2.05, 4.69) is 15.4 Å². The number of rotatable bonds is 7. The van der Waals surface area contributed by atoms with E-state index in [0.29, 0.717) is 37.8 Å². The number of Topliss-reactive ketones (excluding diaryl/α,β-unsaturated/α-hetero) is 1. The van der Waals surface area contributed by atoms with Crippen LogP contribution < -0.4 is 15.4 Å². The summed E-state index contributed by atoms with van der Waals surface area (Å²) in [5.74, 6) is -2.19. The van der Waals surface area contributed by atoms with Crippen LogP contribution in [0.1, 0.15) is 127 Å². The van der Waals surface area contributed by atoms with Crippen LogP contribution in [0.15, 0.2) is 18.2 Å². The lowest BCUT2D eigenvalue weighted by Gasteiger charge is -2.35. The molecule has 5 aliphatic rings. The number of ketones is 1. The van der Waals surface area contributed by atoms with Crippen molar-refractivity contribution in [1.82, 2.24) is 25.2 Å². The highest BCUT2D eigenvalue weighted by atomic mass is 32.2. The van der Waals surface area contributed by atoms with Crippen LogP contribution in [0.2, 0.25) is 0 Å². The third kappa shape index (κ3) is 9.58. The summed E-state index contributed by atoms with van der Waals surface area (Å²) in [4.78, 5) is 85.8. The number of amides is 5. The fourth-order valence-corrected chi connectivity index (χ4v) is 9.92. The van der Waals surface area contributed by atoms with Gasteiger partial charge in [-0.05, 0) is 66.0 Å². The first-order valence-electron chi connectivity index (χ1n) is 20.4. The van der Waals surface area contributed by atoms with Crippen LogP contribution in [-0.2, 0) is 47.0 Å². The van der Waals surface area contributed by atoms with Crippen molar-refractivity contribution in [1.29, 1.82) is 0 Å². The summed E-state index contributed by atoms with van der Waals surface area (Å²) in [5, 5.41) is 5.14. The van der Waals surface area contributed by atoms with Crippen LogP contribution in [0.4, 0.5) is 9.59 Å². The highest BCUT2D eigenvalue weighted by Crippen LogP contribution is 2.58. The molecule has 16 heteroatoms. The van der Waals surface area contributed by atoms with E-state index in [9.17, 15) is 37.2 Å². The molecule has 6 rings (SSSR count). The molecule has 3 fully saturated rings. The van der Waals surface area contributed by atoms with E-state index >= 15 is 0 Å². The van der Waals surface area contributed by atoms with Gasteiger partial charge in [0.25, 0.3) is 5.91 Å². The molecule has 1 unspecified atom stereocenters. The second kappa shape index (κ2) is 16.2. The molecule has 1 aromatic rings. The first-order chi connectivity index (χ1) is 26.7. The third-order valence-corrected chi connectivity index (χ3v) is 14.1. The minimum absolute atomic E-state index is 0.0604. The Morgan fingerprint density at radius 1 is 1.04 bits per heavy atom. The minimum atomic E-state index is -3.87. The molecule has 2 aliphatic carbocycles. The number of sulfonamides is 1. The number of hydrogen-bond donors (Lipinski definition) is 3. The third-order valence-electron chi connectivity index (χ3n) is 12.3. The van der Waals surface area contributed by atoms with Gasteiger partial charge in [-0.15, -0.1) is 0 Å². The van der Waals surface area contributed by atoms with E-state index in [1.165, 1.54) is 9.80 Å². The van der Waals surface area contributed by atoms with E-state index in [1.54, 1.807) is 32.9 Å². The lowest BCUT2D eigenvalue weighted by molar-refractivity contribution is -0.142. The van der Waals surface area contributed by atoms with Gasteiger partial charge < -0.3 is 25.0 Å². The molecular formula is C41H59N5O10S. The molecule has 3 N–H and O–H groups in total. The Kier molecular flexibility index (Phi) is 12.1. The van der Waals surface area contributed by atoms with Gasteiger partial charge in [0, 0.05) is 31.5 Å². The molecule has 0 spiro atoms. The lowest BCUT2D eigenvalue weighted by Crippen LogP contribution is -2.57. The fourth-order valence-electron chi connectivity index (χ4n) is 8.53. The molecule has 3 aliphatic heterocycles. The Hall–Kier alpha value is -4.21. The average Bonchev–Trinajstić information content (AvgIpc) is 4.03. The molecule has 15 nitrogen and oxygen atoms in total. The summed E-state index contributed by atoms with van der Waals surface area (Å²) >= 11 is 0. The summed E-state index contributed by atoms with van der Waals surface area (Å²) in [5.41, 5.74) is -0.415. The van der Waals surface area contributed by atoms with E-state index in [4.69, 9.17) is 9.47 Å². The maximum Gasteiger partial charge on any atom is 0.410 e. The number of cyclic esters (lactones) is 1. The number of fused-ring (bicyclic) bond motifs is 3. The molecule has 5 atom stereocenters. The van der Waals surface area contributed by atoms with Gasteiger partial charge >= 0.3 is 12.2 Å². The molecule has 0 radical (unpaired) electrons. The Morgan fingerprint density at radius 3 is 2.44 bits per heavy atom. The van der Waals surface area contributed by atoms with Crippen molar-refractivity contribution in [3.8, 4) is 0 Å². The lowest BCUT2D eigenvalue weighted by atomic mass is 9.85. The van der Waals surface area contributed by atoms with Crippen LogP contribution in [0, 0.1) is 22.2 Å². The van der Waals surface area contributed by atoms with E-state index in [1.807, 2.05) is 26.8 Å². The van der Waals surface area contributed by atoms with Crippen molar-refractivity contribution >= 4 is 45.7 Å². The van der Waals surface area contributed by atoms with E-state index < -0.39 is 74.1 Å². The van der Waals surface area contributed by atoms with Crippen LogP contribution in [0.5, 0.6) is 0 Å². The van der Waals surface area contributed by atoms with Gasteiger partial charge in [0.2, 0.25) is 21.8 Å². The zero-order valence-electron chi connectivity index (χ0n) is 34.1. The summed E-state index contributed by atoms with van der Waals surface area (Å²) in [6.45, 7) is 12.0. The summed E-state index contributed by atoms with van der Waals surface area (Å²) in [6.07, 6.45) is 2.30. The maximum atomic E-state index is 14.6. The summed E-state index contributed by atoms with van der Waals surface area (Å²) < 4.78 is 39.4. The number of ether oxygens (including phenoxy) is 2. The smallest absolute Gasteiger partial charge is 0.410 e. The Labute approximate surface area is 335 Å². The highest BCUT2D eigenvalue weighted by molar-refractivity contribution is 7.90. The standard InChI is InChI=1S/C41H59N5O10S/c1-7-26-19-41(26,36(50)44-57(53,54)28-14-15-28)20-32(47)31-18-27-22-46(31)35(49)33(39(2,3)4)43-37(51)55-24-40(5,6)16-9-8-10-17-42-34(48)29-13-11-12-25-21-45(23-30(25)29)38(52)56-27/h11-13,26-28,31,33H,7-10,14-24H2,1-6H3,(H,42,48)(H,43,51)(H,44,50)/t26-,27+,31?,33+,41-/m0/s1. The molecule has 3 heterocycles. The van der Waals surface area contributed by atoms with Crippen molar-refractivity contribution in [2.45, 2.75) is 142 Å². The molecule has 57 heavy (non-hydrogen) atoms. The van der Waals surface area contributed by atoms with Crippen molar-refractivity contribution in [3.05, 3.63) is 34.9 Å². The predicted molar refractivity (Wildman–Crippen MR) is 209 cm³/mol. The van der Waals surface area contributed by atoms with Crippen molar-refractivity contribution in [3.63, 3.8) is 0 Å². The largest absolute Gasteiger partial charge is 0.449 e. The fraction of sp³-hybridized carbons (Fsp3) is 0.707. The monoisotopic (exact) mass is 813 g/mol. The second-order valence-corrected chi connectivity index (χ2v) is 20.5. The number of hydrogen-bond acceptors (Lipinski definition) is 10. The van der Waals surface area contributed by atoms with E-state index in [-0.39, 0.29) is 56.3 Å². The minimum Gasteiger partial charge on any atom is -0.449 e. The average molecular weight is 814 g/mol. The van der Waals surface area contributed by atoms with Gasteiger partial charge in [0.05, 0.1) is 36.4 Å². The second-order valence-electron chi connectivity index (χ2n) is 18.6. The number of carbonyl (C=O) groups excluding carboxylic acids is 6. The molecule has 1 saturated heterocycles. The molecule has 0 aromatic heterocycles. The molecule has 4 bridgehead atoms. The van der Waals surface area contributed by atoms with Crippen LogP contribution >= 0.6 is 0 Å². The number of nitrogens with one attached hydrogen (secondary N) is 3. The topological polar surface area (TPSA) is 198 Å². The van der Waals surface area contributed by atoms with Crippen LogP contribution in [0.3, 0.4) is 0 Å². The zero-order chi connectivity index (χ0) is 41.5. The molecule has 314 valence electrons. The number of benzene rings is 1. The Morgan fingerprint density at radius 2 is 1.77 bits per heavy atom. The van der Waals surface area contributed by atoms with Gasteiger partial charge in [-0.2, -0.15) is 0 Å². The molecule has 1 aromatic carbocycles. The van der Waals surface area contributed by atoms with E-state index in [0.717, 1.165) is 36.8 Å². The summed E-state index contributed by atoms with van der Waals surface area (Å²) in [7, 11) is -3.87. The maximum absolute atomic E-state index is 14.6. The van der Waals surface area contributed by atoms with Gasteiger partial charge in [-0.3, -0.25) is 28.8 Å². The molecule has 5 amide bonds. The first kappa shape index (κ1) is 42.4. The normalized spacial score (nSPS) is 28.8. The van der Waals surface area contributed by atoms with Crippen molar-refractivity contribution in [2.75, 3.05) is 19.7 Å². The summed E-state index contributed by atoms with van der Waals surface area (Å²) in [6, 6.07) is 3.12. The SMILES string of the molecule is CC[C@H]1C[C@@]1(CC(=O)C1C[C@@H]2CN1C(=O)[C@H](C(C)(C)C)NC(=O)OCC(C)(C)CCCCCNC(=O)c1cccc3c1CN(C3)C(=O)O2)C(=O)NS(=O)(=O)C1CC1. The van der Waals surface area contributed by atoms with Gasteiger partial charge in [0.1, 0.15) is 12.1 Å². The van der Waals surface area contributed by atoms with Crippen LogP contribution in [0.25, 0.3) is 0 Å². The highest BCUT2D eigenvalue weighted by Gasteiger charge is 2.62. The van der Waals surface area contributed by atoms with Crippen LogP contribution in [-0.4, -0.2) is 97.0 Å². The van der Waals surface area contributed by atoms with Gasteiger partial charge in [0.15, 0.2) is 5.78 Å². The number of nitrogens with zero attached hydrogens (tertiary/aromatic N) is 2. The quantitative estimate of drug-likeness (QED) is 0.351. The molecular weight excluding hydrogens is 755 g/mol.